The third kappa shape index (κ3) is 2.45. The quantitative estimate of drug-likeness (QED) is 0.602. The first-order chi connectivity index (χ1) is 8.61. The zero-order chi connectivity index (χ0) is 13.1. The Labute approximate surface area is 107 Å². The molecule has 0 spiro atoms. The maximum absolute atomic E-state index is 11.9. The third-order valence-corrected chi connectivity index (χ3v) is 2.96. The molecule has 0 aliphatic heterocycles. The molecule has 2 aromatic rings. The number of ketones is 2. The summed E-state index contributed by atoms with van der Waals surface area (Å²) in [5.41, 5.74) is 2.09. The topological polar surface area (TPSA) is 74.1 Å². The molecule has 2 heterocycles. The van der Waals surface area contributed by atoms with Crippen molar-refractivity contribution in [1.29, 1.82) is 0 Å². The predicted molar refractivity (Wildman–Crippen MR) is 65.2 cm³/mol. The van der Waals surface area contributed by atoms with E-state index in [2.05, 4.69) is 10.1 Å². The monoisotopic (exact) mass is 265 g/mol. The van der Waals surface area contributed by atoms with Gasteiger partial charge in [0, 0.05) is 18.5 Å². The number of methoxy groups -OCH3 is 1. The predicted octanol–water partition coefficient (Wildman–Crippen LogP) is 1.34. The van der Waals surface area contributed by atoms with Crippen LogP contribution < -0.4 is 4.74 Å². The van der Waals surface area contributed by atoms with Crippen molar-refractivity contribution in [3.63, 3.8) is 0 Å². The second kappa shape index (κ2) is 5.09. The first kappa shape index (κ1) is 12.4. The van der Waals surface area contributed by atoms with Crippen LogP contribution in [0.1, 0.15) is 27.4 Å². The number of hydrogen-bond donors (Lipinski definition) is 0. The molecular weight excluding hydrogens is 254 g/mol. The summed E-state index contributed by atoms with van der Waals surface area (Å²) in [4.78, 5) is 27.4. The highest BCUT2D eigenvalue weighted by Crippen LogP contribution is 2.14. The molecular formula is C11H11N3O3S. The van der Waals surface area contributed by atoms with E-state index in [0.29, 0.717) is 11.6 Å². The van der Waals surface area contributed by atoms with Gasteiger partial charge in [0.15, 0.2) is 11.6 Å². The summed E-state index contributed by atoms with van der Waals surface area (Å²) >= 11 is 1.32. The van der Waals surface area contributed by atoms with Gasteiger partial charge in [-0.25, -0.2) is 9.67 Å². The lowest BCUT2D eigenvalue weighted by molar-refractivity contribution is 0.0888. The summed E-state index contributed by atoms with van der Waals surface area (Å²) in [6.45, 7) is 0. The summed E-state index contributed by atoms with van der Waals surface area (Å²) in [7, 11) is 3.16. The molecule has 6 nitrogen and oxygen atoms in total. The fourth-order valence-corrected chi connectivity index (χ4v) is 2.01. The summed E-state index contributed by atoms with van der Waals surface area (Å²) < 4.78 is 6.45. The maximum Gasteiger partial charge on any atom is 0.211 e. The lowest BCUT2D eigenvalue weighted by Crippen LogP contribution is -2.09. The first-order valence-electron chi connectivity index (χ1n) is 5.14. The van der Waals surface area contributed by atoms with E-state index >= 15 is 0 Å². The number of carbonyl (C=O) groups is 2. The van der Waals surface area contributed by atoms with Gasteiger partial charge in [-0.05, 0) is 0 Å². The van der Waals surface area contributed by atoms with Crippen LogP contribution in [-0.4, -0.2) is 33.4 Å². The molecule has 0 aliphatic rings. The van der Waals surface area contributed by atoms with Gasteiger partial charge in [-0.15, -0.1) is 11.3 Å². The summed E-state index contributed by atoms with van der Waals surface area (Å²) in [6, 6.07) is 1.51. The molecule has 0 fully saturated rings. The number of thiazole rings is 1. The molecule has 0 bridgehead atoms. The van der Waals surface area contributed by atoms with E-state index in [1.165, 1.54) is 29.2 Å². The highest BCUT2D eigenvalue weighted by Gasteiger charge is 2.18. The van der Waals surface area contributed by atoms with Gasteiger partial charge in [-0.2, -0.15) is 5.10 Å². The Morgan fingerprint density at radius 3 is 2.67 bits per heavy atom. The minimum absolute atomic E-state index is 0.220. The van der Waals surface area contributed by atoms with Gasteiger partial charge in [0.2, 0.25) is 5.88 Å². The van der Waals surface area contributed by atoms with E-state index in [4.69, 9.17) is 4.74 Å². The Morgan fingerprint density at radius 1 is 1.39 bits per heavy atom. The smallest absolute Gasteiger partial charge is 0.211 e. The van der Waals surface area contributed by atoms with Gasteiger partial charge >= 0.3 is 0 Å². The first-order valence-corrected chi connectivity index (χ1v) is 6.08. The van der Waals surface area contributed by atoms with Crippen molar-refractivity contribution in [3.8, 4) is 5.88 Å². The van der Waals surface area contributed by atoms with Crippen molar-refractivity contribution < 1.29 is 14.3 Å². The molecule has 94 valence electrons. The molecule has 0 amide bonds. The van der Waals surface area contributed by atoms with Crippen LogP contribution in [0.5, 0.6) is 5.88 Å². The van der Waals surface area contributed by atoms with Crippen molar-refractivity contribution >= 4 is 22.9 Å². The standard InChI is InChI=1S/C11H11N3O3S/c1-14-11(17-2)3-7(13-14)9(15)4-10(16)8-5-18-6-12-8/h3,5-6H,4H2,1-2H3. The van der Waals surface area contributed by atoms with E-state index in [0.717, 1.165) is 0 Å². The molecule has 2 aromatic heterocycles. The summed E-state index contributed by atoms with van der Waals surface area (Å²) in [5, 5.41) is 5.61. The number of ether oxygens (including phenoxy) is 1. The van der Waals surface area contributed by atoms with E-state index < -0.39 is 0 Å². The number of rotatable bonds is 5. The van der Waals surface area contributed by atoms with E-state index in [-0.39, 0.29) is 23.7 Å². The van der Waals surface area contributed by atoms with Crippen LogP contribution in [0.4, 0.5) is 0 Å². The number of nitrogens with zero attached hydrogens (tertiary/aromatic N) is 3. The molecule has 0 radical (unpaired) electrons. The van der Waals surface area contributed by atoms with E-state index in [9.17, 15) is 9.59 Å². The van der Waals surface area contributed by atoms with Crippen molar-refractivity contribution in [1.82, 2.24) is 14.8 Å². The van der Waals surface area contributed by atoms with Crippen LogP contribution in [-0.2, 0) is 7.05 Å². The third-order valence-electron chi connectivity index (χ3n) is 2.37. The molecule has 0 saturated heterocycles. The van der Waals surface area contributed by atoms with Crippen molar-refractivity contribution in [2.75, 3.05) is 7.11 Å². The molecule has 0 saturated carbocycles. The molecule has 18 heavy (non-hydrogen) atoms. The average molecular weight is 265 g/mol. The van der Waals surface area contributed by atoms with Gasteiger partial charge < -0.3 is 4.74 Å². The molecule has 0 atom stereocenters. The molecule has 0 N–H and O–H groups in total. The number of aryl methyl sites for hydroxylation is 1. The van der Waals surface area contributed by atoms with Crippen LogP contribution in [0.3, 0.4) is 0 Å². The van der Waals surface area contributed by atoms with E-state index in [1.807, 2.05) is 0 Å². The maximum atomic E-state index is 11.9. The van der Waals surface area contributed by atoms with Gasteiger partial charge in [-0.3, -0.25) is 9.59 Å². The van der Waals surface area contributed by atoms with Crippen molar-refractivity contribution in [2.24, 2.45) is 7.05 Å². The lowest BCUT2D eigenvalue weighted by atomic mass is 10.1. The summed E-state index contributed by atoms with van der Waals surface area (Å²) in [5.74, 6) is -0.169. The Kier molecular flexibility index (Phi) is 3.52. The van der Waals surface area contributed by atoms with Gasteiger partial charge in [0.25, 0.3) is 0 Å². The molecule has 0 unspecified atom stereocenters. The van der Waals surface area contributed by atoms with Gasteiger partial charge in [-0.1, -0.05) is 0 Å². The molecule has 0 aliphatic carbocycles. The average Bonchev–Trinajstić information content (AvgIpc) is 2.97. The second-order valence-electron chi connectivity index (χ2n) is 3.59. The fraction of sp³-hybridized carbons (Fsp3) is 0.273. The Hall–Kier alpha value is -2.02. The number of aromatic nitrogens is 3. The van der Waals surface area contributed by atoms with Crippen LogP contribution in [0.2, 0.25) is 0 Å². The number of carbonyl (C=O) groups excluding carboxylic acids is 2. The van der Waals surface area contributed by atoms with E-state index in [1.54, 1.807) is 17.9 Å². The second-order valence-corrected chi connectivity index (χ2v) is 4.31. The van der Waals surface area contributed by atoms with Crippen LogP contribution in [0, 0.1) is 0 Å². The lowest BCUT2D eigenvalue weighted by Gasteiger charge is -1.95. The van der Waals surface area contributed by atoms with Gasteiger partial charge in [0.1, 0.15) is 11.4 Å². The normalized spacial score (nSPS) is 10.3. The molecule has 2 rings (SSSR count). The van der Waals surface area contributed by atoms with Crippen molar-refractivity contribution in [3.05, 3.63) is 28.3 Å². The van der Waals surface area contributed by atoms with Crippen molar-refractivity contribution in [2.45, 2.75) is 6.42 Å². The highest BCUT2D eigenvalue weighted by atomic mass is 32.1. The minimum Gasteiger partial charge on any atom is -0.481 e. The molecule has 0 aromatic carbocycles. The Morgan fingerprint density at radius 2 is 2.11 bits per heavy atom. The Bertz CT molecular complexity index is 574. The van der Waals surface area contributed by atoms with Crippen LogP contribution >= 0.6 is 11.3 Å². The SMILES string of the molecule is COc1cc(C(=O)CC(=O)c2cscn2)nn1C. The summed E-state index contributed by atoms with van der Waals surface area (Å²) in [6.07, 6.45) is -0.232. The van der Waals surface area contributed by atoms with Crippen LogP contribution in [0.25, 0.3) is 0 Å². The number of hydrogen-bond acceptors (Lipinski definition) is 6. The highest BCUT2D eigenvalue weighted by molar-refractivity contribution is 7.07. The van der Waals surface area contributed by atoms with Crippen LogP contribution in [0.15, 0.2) is 17.0 Å². The van der Waals surface area contributed by atoms with Gasteiger partial charge in [0.05, 0.1) is 19.0 Å². The number of Topliss-reactive ketones (excluding diaryl/α,β-unsaturated/α-hetero) is 2. The minimum atomic E-state index is -0.341. The zero-order valence-electron chi connectivity index (χ0n) is 9.91. The molecule has 7 heteroatoms. The largest absolute Gasteiger partial charge is 0.481 e. The zero-order valence-corrected chi connectivity index (χ0v) is 10.7. The Balaban J connectivity index is 2.10. The fourth-order valence-electron chi connectivity index (χ4n) is 1.45.